The number of thioether (sulfide) groups is 1. The minimum Gasteiger partial charge on any atom is -0.431 e. The molecule has 1 aromatic heterocycles. The Labute approximate surface area is 103 Å². The lowest BCUT2D eigenvalue weighted by atomic mass is 10.3. The number of amides is 1. The van der Waals surface area contributed by atoms with Gasteiger partial charge < -0.3 is 15.1 Å². The normalized spacial score (nSPS) is 10.7. The van der Waals surface area contributed by atoms with E-state index < -0.39 is 0 Å². The monoisotopic (exact) mass is 251 g/mol. The second kappa shape index (κ2) is 4.67. The number of hydrogen-bond donors (Lipinski definition) is 1. The molecule has 17 heavy (non-hydrogen) atoms. The predicted octanol–water partition coefficient (Wildman–Crippen LogP) is 1.59. The highest BCUT2D eigenvalue weighted by Gasteiger charge is 2.10. The number of anilines is 1. The van der Waals surface area contributed by atoms with Crippen LogP contribution >= 0.6 is 11.8 Å². The smallest absolute Gasteiger partial charge is 0.257 e. The highest BCUT2D eigenvalue weighted by atomic mass is 32.2. The van der Waals surface area contributed by atoms with Crippen LogP contribution in [-0.2, 0) is 4.79 Å². The van der Waals surface area contributed by atoms with E-state index in [1.165, 1.54) is 16.7 Å². The fourth-order valence-electron chi connectivity index (χ4n) is 1.24. The van der Waals surface area contributed by atoms with Crippen LogP contribution in [0.25, 0.3) is 11.1 Å². The molecule has 1 aromatic carbocycles. The van der Waals surface area contributed by atoms with Gasteiger partial charge in [0.15, 0.2) is 5.58 Å². The van der Waals surface area contributed by atoms with Crippen molar-refractivity contribution in [1.82, 2.24) is 9.88 Å². The van der Waals surface area contributed by atoms with Crippen LogP contribution in [0, 0.1) is 0 Å². The molecule has 0 fully saturated rings. The lowest BCUT2D eigenvalue weighted by Crippen LogP contribution is -2.23. The number of benzene rings is 1. The molecule has 2 N–H and O–H groups in total. The number of oxazole rings is 1. The second-order valence-corrected chi connectivity index (χ2v) is 4.71. The number of nitrogens with two attached hydrogens (primary N) is 1. The summed E-state index contributed by atoms with van der Waals surface area (Å²) >= 11 is 1.28. The van der Waals surface area contributed by atoms with Crippen LogP contribution in [0.3, 0.4) is 0 Å². The lowest BCUT2D eigenvalue weighted by molar-refractivity contribution is -0.125. The van der Waals surface area contributed by atoms with Crippen molar-refractivity contribution < 1.29 is 9.21 Å². The van der Waals surface area contributed by atoms with Crippen molar-refractivity contribution in [1.29, 1.82) is 0 Å². The first-order valence-corrected chi connectivity index (χ1v) is 6.04. The minimum absolute atomic E-state index is 0.0248. The van der Waals surface area contributed by atoms with E-state index in [0.29, 0.717) is 27.8 Å². The number of nitrogen functional groups attached to an aromatic ring is 1. The molecular weight excluding hydrogens is 238 g/mol. The molecule has 0 unspecified atom stereocenters. The third-order valence-electron chi connectivity index (χ3n) is 2.21. The first-order chi connectivity index (χ1) is 8.06. The zero-order valence-corrected chi connectivity index (χ0v) is 10.5. The minimum atomic E-state index is 0.0248. The number of rotatable bonds is 3. The van der Waals surface area contributed by atoms with Gasteiger partial charge in [-0.3, -0.25) is 4.79 Å². The van der Waals surface area contributed by atoms with E-state index in [0.717, 1.165) is 0 Å². The lowest BCUT2D eigenvalue weighted by Gasteiger charge is -2.07. The summed E-state index contributed by atoms with van der Waals surface area (Å²) in [7, 11) is 3.44. The molecule has 5 nitrogen and oxygen atoms in total. The van der Waals surface area contributed by atoms with Crippen molar-refractivity contribution in [2.75, 3.05) is 25.6 Å². The Morgan fingerprint density at radius 1 is 1.53 bits per heavy atom. The van der Waals surface area contributed by atoms with E-state index in [1.807, 2.05) is 0 Å². The van der Waals surface area contributed by atoms with Crippen molar-refractivity contribution >= 4 is 34.5 Å². The topological polar surface area (TPSA) is 72.4 Å². The number of nitrogens with zero attached hydrogens (tertiary/aromatic N) is 2. The molecule has 2 aromatic rings. The molecule has 0 saturated heterocycles. The van der Waals surface area contributed by atoms with E-state index in [-0.39, 0.29) is 5.91 Å². The summed E-state index contributed by atoms with van der Waals surface area (Å²) < 4.78 is 5.48. The summed E-state index contributed by atoms with van der Waals surface area (Å²) in [4.78, 5) is 17.2. The average molecular weight is 251 g/mol. The van der Waals surface area contributed by atoms with E-state index in [9.17, 15) is 4.79 Å². The van der Waals surface area contributed by atoms with Gasteiger partial charge in [-0.05, 0) is 18.2 Å². The first kappa shape index (κ1) is 11.8. The SMILES string of the molecule is CN(C)C(=O)CSc1nc2cc(N)ccc2o1. The van der Waals surface area contributed by atoms with Gasteiger partial charge in [0.25, 0.3) is 5.22 Å². The van der Waals surface area contributed by atoms with Crippen molar-refractivity contribution in [2.24, 2.45) is 0 Å². The molecular formula is C11H13N3O2S. The summed E-state index contributed by atoms with van der Waals surface area (Å²) in [6.07, 6.45) is 0. The van der Waals surface area contributed by atoms with Gasteiger partial charge in [-0.1, -0.05) is 11.8 Å². The van der Waals surface area contributed by atoms with Gasteiger partial charge >= 0.3 is 0 Å². The number of carbonyl (C=O) groups excluding carboxylic acids is 1. The maximum Gasteiger partial charge on any atom is 0.257 e. The van der Waals surface area contributed by atoms with E-state index in [4.69, 9.17) is 10.2 Å². The van der Waals surface area contributed by atoms with Gasteiger partial charge in [0.2, 0.25) is 5.91 Å². The molecule has 0 aliphatic carbocycles. The van der Waals surface area contributed by atoms with Gasteiger partial charge in [-0.2, -0.15) is 0 Å². The Bertz CT molecular complexity index is 551. The number of aromatic nitrogens is 1. The molecule has 1 heterocycles. The highest BCUT2D eigenvalue weighted by Crippen LogP contribution is 2.24. The zero-order chi connectivity index (χ0) is 12.4. The summed E-state index contributed by atoms with van der Waals surface area (Å²) in [5.41, 5.74) is 7.68. The molecule has 1 amide bonds. The largest absolute Gasteiger partial charge is 0.431 e. The van der Waals surface area contributed by atoms with Gasteiger partial charge in [0, 0.05) is 19.8 Å². The van der Waals surface area contributed by atoms with Gasteiger partial charge in [0.1, 0.15) is 5.52 Å². The molecule has 0 atom stereocenters. The third kappa shape index (κ3) is 2.71. The molecule has 0 aliphatic rings. The average Bonchev–Trinajstić information content (AvgIpc) is 2.67. The molecule has 2 rings (SSSR count). The van der Waals surface area contributed by atoms with Crippen molar-refractivity contribution in [3.05, 3.63) is 18.2 Å². The van der Waals surface area contributed by atoms with Crippen LogP contribution in [0.5, 0.6) is 0 Å². The van der Waals surface area contributed by atoms with E-state index in [2.05, 4.69) is 4.98 Å². The maximum absolute atomic E-state index is 11.4. The molecule has 0 aliphatic heterocycles. The number of fused-ring (bicyclic) bond motifs is 1. The predicted molar refractivity (Wildman–Crippen MR) is 67.8 cm³/mol. The standard InChI is InChI=1S/C11H13N3O2S/c1-14(2)10(15)6-17-11-13-8-5-7(12)3-4-9(8)16-11/h3-5H,6,12H2,1-2H3. The third-order valence-corrected chi connectivity index (χ3v) is 3.02. The van der Waals surface area contributed by atoms with Gasteiger partial charge in [0.05, 0.1) is 5.75 Å². The Morgan fingerprint density at radius 2 is 2.29 bits per heavy atom. The van der Waals surface area contributed by atoms with Crippen LogP contribution < -0.4 is 5.73 Å². The second-order valence-electron chi connectivity index (χ2n) is 3.78. The molecule has 0 spiro atoms. The van der Waals surface area contributed by atoms with E-state index in [1.54, 1.807) is 32.3 Å². The van der Waals surface area contributed by atoms with Crippen molar-refractivity contribution in [2.45, 2.75) is 5.22 Å². The Morgan fingerprint density at radius 3 is 3.00 bits per heavy atom. The fraction of sp³-hybridized carbons (Fsp3) is 0.273. The maximum atomic E-state index is 11.4. The van der Waals surface area contributed by atoms with Crippen molar-refractivity contribution in [3.8, 4) is 0 Å². The van der Waals surface area contributed by atoms with Crippen LogP contribution in [0.1, 0.15) is 0 Å². The van der Waals surface area contributed by atoms with Crippen LogP contribution in [0.2, 0.25) is 0 Å². The summed E-state index contributed by atoms with van der Waals surface area (Å²) in [5, 5.41) is 0.487. The molecule has 90 valence electrons. The summed E-state index contributed by atoms with van der Waals surface area (Å²) in [6, 6.07) is 5.28. The van der Waals surface area contributed by atoms with Gasteiger partial charge in [-0.15, -0.1) is 0 Å². The summed E-state index contributed by atoms with van der Waals surface area (Å²) in [5.74, 6) is 0.340. The van der Waals surface area contributed by atoms with Gasteiger partial charge in [-0.25, -0.2) is 4.98 Å². The molecule has 0 bridgehead atoms. The Kier molecular flexibility index (Phi) is 3.23. The molecule has 6 heteroatoms. The summed E-state index contributed by atoms with van der Waals surface area (Å²) in [6.45, 7) is 0. The fourth-order valence-corrected chi connectivity index (χ4v) is 2.05. The zero-order valence-electron chi connectivity index (χ0n) is 9.64. The van der Waals surface area contributed by atoms with E-state index >= 15 is 0 Å². The highest BCUT2D eigenvalue weighted by molar-refractivity contribution is 7.99. The van der Waals surface area contributed by atoms with Crippen LogP contribution in [0.4, 0.5) is 5.69 Å². The quantitative estimate of drug-likeness (QED) is 0.662. The first-order valence-electron chi connectivity index (χ1n) is 5.05. The molecule has 0 radical (unpaired) electrons. The Balaban J connectivity index is 2.12. The van der Waals surface area contributed by atoms with Crippen LogP contribution in [-0.4, -0.2) is 35.6 Å². The molecule has 0 saturated carbocycles. The number of carbonyl (C=O) groups is 1. The van der Waals surface area contributed by atoms with Crippen molar-refractivity contribution in [3.63, 3.8) is 0 Å². The Hall–Kier alpha value is -1.69. The number of hydrogen-bond acceptors (Lipinski definition) is 5. The van der Waals surface area contributed by atoms with Crippen LogP contribution in [0.15, 0.2) is 27.8 Å².